The van der Waals surface area contributed by atoms with Gasteiger partial charge < -0.3 is 21.1 Å². The van der Waals surface area contributed by atoms with Gasteiger partial charge in [-0.3, -0.25) is 4.79 Å². The van der Waals surface area contributed by atoms with Crippen molar-refractivity contribution in [1.82, 2.24) is 5.32 Å². The van der Waals surface area contributed by atoms with Crippen LogP contribution in [0.15, 0.2) is 18.2 Å². The number of nitrogens with one attached hydrogen (secondary N) is 2. The first-order valence-corrected chi connectivity index (χ1v) is 6.01. The molecule has 1 amide bonds. The first-order valence-electron chi connectivity index (χ1n) is 6.01. The summed E-state index contributed by atoms with van der Waals surface area (Å²) in [7, 11) is 1.31. The Morgan fingerprint density at radius 1 is 1.42 bits per heavy atom. The van der Waals surface area contributed by atoms with E-state index < -0.39 is 12.0 Å². The summed E-state index contributed by atoms with van der Waals surface area (Å²) >= 11 is 0. The summed E-state index contributed by atoms with van der Waals surface area (Å²) in [5, 5.41) is 5.63. The van der Waals surface area contributed by atoms with Gasteiger partial charge in [0.25, 0.3) is 5.91 Å². The fourth-order valence-corrected chi connectivity index (χ4v) is 1.60. The van der Waals surface area contributed by atoms with Gasteiger partial charge in [0.1, 0.15) is 6.04 Å². The lowest BCUT2D eigenvalue weighted by atomic mass is 10.1. The summed E-state index contributed by atoms with van der Waals surface area (Å²) in [5.74, 6) is -0.633. The highest BCUT2D eigenvalue weighted by Crippen LogP contribution is 2.20. The smallest absolute Gasteiger partial charge is 0.327 e. The predicted molar refractivity (Wildman–Crippen MR) is 74.0 cm³/mol. The molecule has 1 atom stereocenters. The second-order valence-electron chi connectivity index (χ2n) is 4.05. The van der Waals surface area contributed by atoms with Gasteiger partial charge in [-0.05, 0) is 32.0 Å². The van der Waals surface area contributed by atoms with Crippen molar-refractivity contribution in [2.75, 3.05) is 24.7 Å². The zero-order valence-corrected chi connectivity index (χ0v) is 11.3. The van der Waals surface area contributed by atoms with Crippen molar-refractivity contribution in [3.05, 3.63) is 23.8 Å². The highest BCUT2D eigenvalue weighted by molar-refractivity contribution is 6.00. The third-order valence-electron chi connectivity index (χ3n) is 2.55. The lowest BCUT2D eigenvalue weighted by Crippen LogP contribution is -2.30. The maximum absolute atomic E-state index is 11.9. The number of amides is 1. The van der Waals surface area contributed by atoms with E-state index in [0.29, 0.717) is 23.5 Å². The number of hydrogen-bond donors (Lipinski definition) is 3. The number of esters is 1. The minimum Gasteiger partial charge on any atom is -0.467 e. The van der Waals surface area contributed by atoms with Gasteiger partial charge in [0.15, 0.2) is 0 Å². The molecule has 0 heterocycles. The van der Waals surface area contributed by atoms with E-state index >= 15 is 0 Å². The van der Waals surface area contributed by atoms with E-state index in [1.54, 1.807) is 25.1 Å². The number of carbonyl (C=O) groups is 2. The van der Waals surface area contributed by atoms with E-state index in [1.807, 2.05) is 6.92 Å². The number of nitrogens with two attached hydrogens (primary N) is 1. The molecule has 0 bridgehead atoms. The summed E-state index contributed by atoms with van der Waals surface area (Å²) in [4.78, 5) is 23.3. The van der Waals surface area contributed by atoms with Gasteiger partial charge in [-0.25, -0.2) is 4.79 Å². The molecule has 19 heavy (non-hydrogen) atoms. The third kappa shape index (κ3) is 3.87. The average Bonchev–Trinajstić information content (AvgIpc) is 2.38. The van der Waals surface area contributed by atoms with Gasteiger partial charge in [0.2, 0.25) is 0 Å². The van der Waals surface area contributed by atoms with E-state index in [4.69, 9.17) is 5.73 Å². The van der Waals surface area contributed by atoms with Crippen LogP contribution in [0.3, 0.4) is 0 Å². The molecule has 1 aromatic carbocycles. The van der Waals surface area contributed by atoms with Crippen LogP contribution in [0.1, 0.15) is 24.2 Å². The van der Waals surface area contributed by atoms with E-state index in [1.165, 1.54) is 7.11 Å². The molecule has 0 saturated heterocycles. The Bertz CT molecular complexity index is 474. The van der Waals surface area contributed by atoms with Gasteiger partial charge in [-0.2, -0.15) is 0 Å². The van der Waals surface area contributed by atoms with Gasteiger partial charge in [-0.15, -0.1) is 0 Å². The van der Waals surface area contributed by atoms with Crippen molar-refractivity contribution >= 4 is 23.3 Å². The van der Waals surface area contributed by atoms with E-state index in [2.05, 4.69) is 15.4 Å². The SMILES string of the molecule is CCNC(=O)c1ccc(N)cc1NC(C)C(=O)OC. The van der Waals surface area contributed by atoms with Crippen molar-refractivity contribution in [1.29, 1.82) is 0 Å². The number of methoxy groups -OCH3 is 1. The normalized spacial score (nSPS) is 11.5. The van der Waals surface area contributed by atoms with E-state index in [-0.39, 0.29) is 5.91 Å². The van der Waals surface area contributed by atoms with E-state index in [0.717, 1.165) is 0 Å². The Labute approximate surface area is 112 Å². The molecule has 1 rings (SSSR count). The molecule has 0 radical (unpaired) electrons. The minimum atomic E-state index is -0.569. The molecule has 6 heteroatoms. The molecule has 104 valence electrons. The molecule has 1 unspecified atom stereocenters. The van der Waals surface area contributed by atoms with Crippen LogP contribution in [0.5, 0.6) is 0 Å². The Morgan fingerprint density at radius 3 is 2.68 bits per heavy atom. The number of benzene rings is 1. The molecule has 0 aromatic heterocycles. The monoisotopic (exact) mass is 265 g/mol. The molecule has 4 N–H and O–H groups in total. The lowest BCUT2D eigenvalue weighted by molar-refractivity contribution is -0.141. The lowest BCUT2D eigenvalue weighted by Gasteiger charge is -2.16. The van der Waals surface area contributed by atoms with Crippen molar-refractivity contribution in [2.45, 2.75) is 19.9 Å². The Balaban J connectivity index is 3.00. The first-order chi connectivity index (χ1) is 8.99. The van der Waals surface area contributed by atoms with Gasteiger partial charge in [0.05, 0.1) is 12.7 Å². The fourth-order valence-electron chi connectivity index (χ4n) is 1.60. The standard InChI is InChI=1S/C13H19N3O3/c1-4-15-12(17)10-6-5-9(14)7-11(10)16-8(2)13(18)19-3/h5-8,16H,4,14H2,1-3H3,(H,15,17). The molecule has 0 spiro atoms. The first kappa shape index (κ1) is 14.8. The summed E-state index contributed by atoms with van der Waals surface area (Å²) in [6, 6.07) is 4.30. The summed E-state index contributed by atoms with van der Waals surface area (Å²) in [6.45, 7) is 4.01. The maximum Gasteiger partial charge on any atom is 0.327 e. The Morgan fingerprint density at radius 2 is 2.11 bits per heavy atom. The molecule has 0 fully saturated rings. The highest BCUT2D eigenvalue weighted by Gasteiger charge is 2.17. The molecular weight excluding hydrogens is 246 g/mol. The molecule has 0 aliphatic heterocycles. The molecule has 6 nitrogen and oxygen atoms in total. The third-order valence-corrected chi connectivity index (χ3v) is 2.55. The molecule has 0 aliphatic rings. The Hall–Kier alpha value is -2.24. The van der Waals surface area contributed by atoms with Crippen LogP contribution < -0.4 is 16.4 Å². The van der Waals surface area contributed by atoms with Crippen LogP contribution in [-0.4, -0.2) is 31.6 Å². The van der Waals surface area contributed by atoms with Crippen LogP contribution in [0.25, 0.3) is 0 Å². The number of anilines is 2. The van der Waals surface area contributed by atoms with Gasteiger partial charge in [-0.1, -0.05) is 0 Å². The summed E-state index contributed by atoms with van der Waals surface area (Å²) in [5.41, 5.74) is 7.15. The number of ether oxygens (including phenoxy) is 1. The second kappa shape index (κ2) is 6.63. The largest absolute Gasteiger partial charge is 0.467 e. The van der Waals surface area contributed by atoms with Gasteiger partial charge in [0, 0.05) is 17.9 Å². The van der Waals surface area contributed by atoms with Crippen LogP contribution in [0.4, 0.5) is 11.4 Å². The molecule has 0 aliphatic carbocycles. The predicted octanol–water partition coefficient (Wildman–Crippen LogP) is 0.992. The highest BCUT2D eigenvalue weighted by atomic mass is 16.5. The van der Waals surface area contributed by atoms with Crippen LogP contribution in [0.2, 0.25) is 0 Å². The zero-order chi connectivity index (χ0) is 14.4. The van der Waals surface area contributed by atoms with Crippen molar-refractivity contribution in [3.63, 3.8) is 0 Å². The number of carbonyl (C=O) groups excluding carboxylic acids is 2. The zero-order valence-electron chi connectivity index (χ0n) is 11.3. The van der Waals surface area contributed by atoms with Crippen molar-refractivity contribution in [3.8, 4) is 0 Å². The molecule has 0 saturated carbocycles. The summed E-state index contributed by atoms with van der Waals surface area (Å²) < 4.78 is 4.63. The number of nitrogen functional groups attached to an aromatic ring is 1. The number of hydrogen-bond acceptors (Lipinski definition) is 5. The van der Waals surface area contributed by atoms with Crippen LogP contribution in [0, 0.1) is 0 Å². The molecular formula is C13H19N3O3. The van der Waals surface area contributed by atoms with Crippen LogP contribution in [-0.2, 0) is 9.53 Å². The fraction of sp³-hybridized carbons (Fsp3) is 0.385. The molecule has 1 aromatic rings. The van der Waals surface area contributed by atoms with Gasteiger partial charge >= 0.3 is 5.97 Å². The second-order valence-corrected chi connectivity index (χ2v) is 4.05. The maximum atomic E-state index is 11.9. The Kier molecular flexibility index (Phi) is 5.17. The average molecular weight is 265 g/mol. The quantitative estimate of drug-likeness (QED) is 0.545. The van der Waals surface area contributed by atoms with Crippen LogP contribution >= 0.6 is 0 Å². The number of rotatable bonds is 5. The summed E-state index contributed by atoms with van der Waals surface area (Å²) in [6.07, 6.45) is 0. The topological polar surface area (TPSA) is 93.5 Å². The van der Waals surface area contributed by atoms with E-state index in [9.17, 15) is 9.59 Å². The van der Waals surface area contributed by atoms with Crippen molar-refractivity contribution in [2.24, 2.45) is 0 Å². The minimum absolute atomic E-state index is 0.220. The van der Waals surface area contributed by atoms with Crippen molar-refractivity contribution < 1.29 is 14.3 Å².